The number of thiol groups is 1. The summed E-state index contributed by atoms with van der Waals surface area (Å²) in [6.07, 6.45) is 0. The first kappa shape index (κ1) is 15.0. The number of aromatic carboxylic acids is 1. The monoisotopic (exact) mass is 283 g/mol. The van der Waals surface area contributed by atoms with Crippen molar-refractivity contribution in [3.63, 3.8) is 0 Å². The number of esters is 1. The summed E-state index contributed by atoms with van der Waals surface area (Å²) in [4.78, 5) is 33.6. The Morgan fingerprint density at radius 1 is 1.37 bits per heavy atom. The maximum Gasteiger partial charge on any atom is 0.339 e. The Labute approximate surface area is 115 Å². The van der Waals surface area contributed by atoms with Crippen LogP contribution in [0.15, 0.2) is 24.3 Å². The van der Waals surface area contributed by atoms with Gasteiger partial charge in [-0.1, -0.05) is 12.1 Å². The molecule has 0 saturated heterocycles. The van der Waals surface area contributed by atoms with E-state index in [0.717, 1.165) is 0 Å². The first-order valence-corrected chi connectivity index (χ1v) is 6.01. The molecule has 0 aromatic heterocycles. The van der Waals surface area contributed by atoms with E-state index in [-0.39, 0.29) is 17.1 Å². The Morgan fingerprint density at radius 3 is 2.53 bits per heavy atom. The van der Waals surface area contributed by atoms with Crippen LogP contribution in [0.3, 0.4) is 0 Å². The second-order valence-electron chi connectivity index (χ2n) is 3.66. The SMILES string of the molecule is CC(=O)NC(CS)C(=O)Oc1ccccc1C(=O)O. The predicted molar refractivity (Wildman–Crippen MR) is 70.5 cm³/mol. The zero-order valence-electron chi connectivity index (χ0n) is 10.1. The fourth-order valence-corrected chi connectivity index (χ4v) is 1.58. The molecule has 102 valence electrons. The minimum Gasteiger partial charge on any atom is -0.478 e. The molecule has 0 radical (unpaired) electrons. The summed E-state index contributed by atoms with van der Waals surface area (Å²) >= 11 is 3.93. The van der Waals surface area contributed by atoms with E-state index in [9.17, 15) is 14.4 Å². The van der Waals surface area contributed by atoms with E-state index >= 15 is 0 Å². The van der Waals surface area contributed by atoms with Crippen molar-refractivity contribution in [1.82, 2.24) is 5.32 Å². The fraction of sp³-hybridized carbons (Fsp3) is 0.250. The molecule has 0 aliphatic rings. The summed E-state index contributed by atoms with van der Waals surface area (Å²) in [6, 6.07) is 4.82. The first-order valence-electron chi connectivity index (χ1n) is 5.37. The van der Waals surface area contributed by atoms with Crippen molar-refractivity contribution in [1.29, 1.82) is 0 Å². The molecule has 0 fully saturated rings. The molecule has 1 aromatic carbocycles. The molecule has 7 heteroatoms. The molecular weight excluding hydrogens is 270 g/mol. The lowest BCUT2D eigenvalue weighted by atomic mass is 10.2. The van der Waals surface area contributed by atoms with E-state index in [1.165, 1.54) is 25.1 Å². The average molecular weight is 283 g/mol. The van der Waals surface area contributed by atoms with Gasteiger partial charge in [0.2, 0.25) is 5.91 Å². The standard InChI is InChI=1S/C12H13NO5S/c1-7(14)13-9(6-19)12(17)18-10-5-3-2-4-8(10)11(15)16/h2-5,9,19H,6H2,1H3,(H,13,14)(H,15,16). The topological polar surface area (TPSA) is 92.7 Å². The van der Waals surface area contributed by atoms with E-state index in [4.69, 9.17) is 9.84 Å². The third-order valence-corrected chi connectivity index (χ3v) is 2.54. The molecule has 1 aromatic rings. The minimum absolute atomic E-state index is 0.0493. The van der Waals surface area contributed by atoms with E-state index in [0.29, 0.717) is 0 Å². The number of carboxylic acids is 1. The number of ether oxygens (including phenoxy) is 1. The molecule has 0 bridgehead atoms. The summed E-state index contributed by atoms with van der Waals surface area (Å²) < 4.78 is 4.98. The number of nitrogens with one attached hydrogen (secondary N) is 1. The fourth-order valence-electron chi connectivity index (χ4n) is 1.34. The van der Waals surface area contributed by atoms with Gasteiger partial charge in [0.25, 0.3) is 0 Å². The number of hydrogen-bond donors (Lipinski definition) is 3. The van der Waals surface area contributed by atoms with Crippen LogP contribution in [-0.4, -0.2) is 34.7 Å². The van der Waals surface area contributed by atoms with Crippen LogP contribution in [0, 0.1) is 0 Å². The molecule has 2 N–H and O–H groups in total. The van der Waals surface area contributed by atoms with Crippen LogP contribution in [0.5, 0.6) is 5.75 Å². The van der Waals surface area contributed by atoms with Crippen LogP contribution in [-0.2, 0) is 9.59 Å². The number of rotatable bonds is 5. The summed E-state index contributed by atoms with van der Waals surface area (Å²) in [5.74, 6) is -2.39. The maximum atomic E-state index is 11.8. The lowest BCUT2D eigenvalue weighted by Gasteiger charge is -2.15. The van der Waals surface area contributed by atoms with Crippen molar-refractivity contribution in [2.75, 3.05) is 5.75 Å². The molecule has 0 heterocycles. The van der Waals surface area contributed by atoms with Crippen LogP contribution in [0.1, 0.15) is 17.3 Å². The summed E-state index contributed by atoms with van der Waals surface area (Å²) in [5.41, 5.74) is -0.128. The Morgan fingerprint density at radius 2 is 2.00 bits per heavy atom. The summed E-state index contributed by atoms with van der Waals surface area (Å²) in [7, 11) is 0. The minimum atomic E-state index is -1.20. The molecule has 0 saturated carbocycles. The zero-order valence-corrected chi connectivity index (χ0v) is 11.0. The maximum absolute atomic E-state index is 11.8. The second kappa shape index (κ2) is 6.79. The smallest absolute Gasteiger partial charge is 0.339 e. The lowest BCUT2D eigenvalue weighted by Crippen LogP contribution is -2.43. The van der Waals surface area contributed by atoms with E-state index in [1.54, 1.807) is 6.07 Å². The first-order chi connectivity index (χ1) is 8.95. The second-order valence-corrected chi connectivity index (χ2v) is 4.02. The van der Waals surface area contributed by atoms with Gasteiger partial charge in [0.1, 0.15) is 17.4 Å². The number of benzene rings is 1. The Balaban J connectivity index is 2.87. The van der Waals surface area contributed by atoms with Crippen molar-refractivity contribution < 1.29 is 24.2 Å². The van der Waals surface area contributed by atoms with Gasteiger partial charge in [0, 0.05) is 12.7 Å². The number of carboxylic acid groups (broad SMARTS) is 1. The van der Waals surface area contributed by atoms with Gasteiger partial charge < -0.3 is 15.2 Å². The van der Waals surface area contributed by atoms with Crippen molar-refractivity contribution in [2.24, 2.45) is 0 Å². The van der Waals surface area contributed by atoms with Crippen molar-refractivity contribution >= 4 is 30.5 Å². The Hall–Kier alpha value is -2.02. The molecule has 1 unspecified atom stereocenters. The lowest BCUT2D eigenvalue weighted by molar-refractivity contribution is -0.138. The van der Waals surface area contributed by atoms with Crippen LogP contribution < -0.4 is 10.1 Å². The molecule has 6 nitrogen and oxygen atoms in total. The van der Waals surface area contributed by atoms with Crippen molar-refractivity contribution in [2.45, 2.75) is 13.0 Å². The van der Waals surface area contributed by atoms with Crippen LogP contribution in [0.2, 0.25) is 0 Å². The van der Waals surface area contributed by atoms with Crippen molar-refractivity contribution in [3.8, 4) is 5.75 Å². The van der Waals surface area contributed by atoms with Gasteiger partial charge in [-0.15, -0.1) is 0 Å². The zero-order chi connectivity index (χ0) is 14.4. The van der Waals surface area contributed by atoms with E-state index < -0.39 is 23.9 Å². The summed E-state index contributed by atoms with van der Waals surface area (Å²) in [6.45, 7) is 1.26. The van der Waals surface area contributed by atoms with Gasteiger partial charge in [-0.2, -0.15) is 12.6 Å². The Kier molecular flexibility index (Phi) is 5.37. The van der Waals surface area contributed by atoms with Gasteiger partial charge in [-0.05, 0) is 12.1 Å². The molecule has 19 heavy (non-hydrogen) atoms. The van der Waals surface area contributed by atoms with Crippen LogP contribution in [0.25, 0.3) is 0 Å². The molecule has 0 aliphatic carbocycles. The number of amides is 1. The molecule has 1 amide bonds. The van der Waals surface area contributed by atoms with E-state index in [2.05, 4.69) is 17.9 Å². The van der Waals surface area contributed by atoms with Gasteiger partial charge in [0.15, 0.2) is 0 Å². The number of para-hydroxylation sites is 1. The predicted octanol–water partition coefficient (Wildman–Crippen LogP) is 0.725. The number of carbonyl (C=O) groups excluding carboxylic acids is 2. The average Bonchev–Trinajstić information content (AvgIpc) is 2.35. The molecule has 0 spiro atoms. The summed E-state index contributed by atoms with van der Waals surface area (Å²) in [5, 5.41) is 11.3. The third kappa shape index (κ3) is 4.29. The highest BCUT2D eigenvalue weighted by Crippen LogP contribution is 2.18. The highest BCUT2D eigenvalue weighted by Gasteiger charge is 2.22. The highest BCUT2D eigenvalue weighted by molar-refractivity contribution is 7.80. The highest BCUT2D eigenvalue weighted by atomic mass is 32.1. The van der Waals surface area contributed by atoms with Gasteiger partial charge in [-0.25, -0.2) is 9.59 Å². The molecule has 1 rings (SSSR count). The molecule has 1 atom stereocenters. The van der Waals surface area contributed by atoms with Gasteiger partial charge in [-0.3, -0.25) is 4.79 Å². The van der Waals surface area contributed by atoms with Crippen molar-refractivity contribution in [3.05, 3.63) is 29.8 Å². The third-order valence-electron chi connectivity index (χ3n) is 2.17. The number of hydrogen-bond acceptors (Lipinski definition) is 5. The van der Waals surface area contributed by atoms with Crippen LogP contribution >= 0.6 is 12.6 Å². The van der Waals surface area contributed by atoms with Gasteiger partial charge in [0.05, 0.1) is 0 Å². The Bertz CT molecular complexity index is 503. The quantitative estimate of drug-likeness (QED) is 0.421. The number of carbonyl (C=O) groups is 3. The van der Waals surface area contributed by atoms with Crippen LogP contribution in [0.4, 0.5) is 0 Å². The molecule has 0 aliphatic heterocycles. The van der Waals surface area contributed by atoms with Gasteiger partial charge >= 0.3 is 11.9 Å². The largest absolute Gasteiger partial charge is 0.478 e. The van der Waals surface area contributed by atoms with E-state index in [1.807, 2.05) is 0 Å². The normalized spacial score (nSPS) is 11.5. The molecular formula is C12H13NO5S.